The number of nitrogens with two attached hydrogens (primary N) is 1. The molecule has 1 aromatic rings. The molecule has 0 aromatic heterocycles. The second-order valence-electron chi connectivity index (χ2n) is 6.31. The second kappa shape index (κ2) is 7.28. The van der Waals surface area contributed by atoms with Gasteiger partial charge in [0.1, 0.15) is 5.82 Å². The minimum Gasteiger partial charge on any atom is -0.327 e. The summed E-state index contributed by atoms with van der Waals surface area (Å²) in [5, 5.41) is 2.74. The topological polar surface area (TPSA) is 55.1 Å². The normalized spacial score (nSPS) is 30.3. The molecule has 0 aliphatic heterocycles. The number of carbonyl (C=O) groups excluding carboxylic acids is 1. The number of carbonyl (C=O) groups is 1. The number of rotatable bonds is 2. The van der Waals surface area contributed by atoms with Crippen molar-refractivity contribution in [1.82, 2.24) is 0 Å². The standard InChI is InChI=1S/C16H20BrFN2O.ClH/c17-12-4-5-13(18)14(8-12)20-16(21)11-6-9-2-1-3-10(7-11)15(9)19;/h4-5,8-11,15H,1-3,6-7,19H2,(H,20,21);1H. The fourth-order valence-electron chi connectivity index (χ4n) is 3.83. The monoisotopic (exact) mass is 390 g/mol. The summed E-state index contributed by atoms with van der Waals surface area (Å²) in [6.45, 7) is 0. The predicted molar refractivity (Wildman–Crippen MR) is 91.5 cm³/mol. The molecule has 0 heterocycles. The molecule has 2 saturated carbocycles. The number of nitrogens with one attached hydrogen (secondary N) is 1. The van der Waals surface area contributed by atoms with Crippen molar-refractivity contribution in [2.75, 3.05) is 5.32 Å². The Morgan fingerprint density at radius 2 is 1.91 bits per heavy atom. The van der Waals surface area contributed by atoms with Crippen molar-refractivity contribution in [2.45, 2.75) is 38.1 Å². The Morgan fingerprint density at radius 1 is 1.27 bits per heavy atom. The molecule has 1 aromatic carbocycles. The molecule has 2 atom stereocenters. The molecule has 22 heavy (non-hydrogen) atoms. The van der Waals surface area contributed by atoms with E-state index < -0.39 is 5.82 Å². The van der Waals surface area contributed by atoms with Gasteiger partial charge in [-0.25, -0.2) is 4.39 Å². The summed E-state index contributed by atoms with van der Waals surface area (Å²) in [6.07, 6.45) is 5.12. The van der Waals surface area contributed by atoms with E-state index in [1.54, 1.807) is 12.1 Å². The zero-order valence-corrected chi connectivity index (χ0v) is 14.6. The van der Waals surface area contributed by atoms with Gasteiger partial charge in [0.2, 0.25) is 5.91 Å². The first-order valence-electron chi connectivity index (χ1n) is 7.56. The number of anilines is 1. The summed E-state index contributed by atoms with van der Waals surface area (Å²) in [6, 6.07) is 4.81. The van der Waals surface area contributed by atoms with E-state index in [4.69, 9.17) is 5.73 Å². The SMILES string of the molecule is Cl.NC1C2CCCC1CC(C(=O)Nc1cc(Br)ccc1F)C2. The lowest BCUT2D eigenvalue weighted by atomic mass is 9.65. The average molecular weight is 392 g/mol. The van der Waals surface area contributed by atoms with Crippen molar-refractivity contribution in [3.63, 3.8) is 0 Å². The van der Waals surface area contributed by atoms with Crippen LogP contribution in [0.5, 0.6) is 0 Å². The van der Waals surface area contributed by atoms with Crippen LogP contribution in [0.25, 0.3) is 0 Å². The maximum atomic E-state index is 13.7. The van der Waals surface area contributed by atoms with Crippen molar-refractivity contribution in [2.24, 2.45) is 23.5 Å². The molecule has 3 nitrogen and oxygen atoms in total. The van der Waals surface area contributed by atoms with Crippen LogP contribution in [-0.4, -0.2) is 11.9 Å². The minimum atomic E-state index is -0.403. The van der Waals surface area contributed by atoms with Gasteiger partial charge in [-0.15, -0.1) is 12.4 Å². The van der Waals surface area contributed by atoms with E-state index in [2.05, 4.69) is 21.2 Å². The van der Waals surface area contributed by atoms with Crippen LogP contribution in [0.3, 0.4) is 0 Å². The van der Waals surface area contributed by atoms with Gasteiger partial charge in [0.15, 0.2) is 0 Å². The largest absolute Gasteiger partial charge is 0.327 e. The molecule has 2 aliphatic carbocycles. The van der Waals surface area contributed by atoms with Crippen LogP contribution in [-0.2, 0) is 4.79 Å². The zero-order valence-electron chi connectivity index (χ0n) is 12.2. The van der Waals surface area contributed by atoms with Crippen LogP contribution < -0.4 is 11.1 Å². The van der Waals surface area contributed by atoms with E-state index in [9.17, 15) is 9.18 Å². The summed E-state index contributed by atoms with van der Waals surface area (Å²) in [5.41, 5.74) is 6.49. The van der Waals surface area contributed by atoms with Gasteiger partial charge in [-0.05, 0) is 55.7 Å². The number of amides is 1. The van der Waals surface area contributed by atoms with Crippen LogP contribution in [0.2, 0.25) is 0 Å². The molecule has 122 valence electrons. The molecule has 2 bridgehead atoms. The molecule has 2 aliphatic rings. The molecule has 1 amide bonds. The third kappa shape index (κ3) is 3.63. The molecule has 0 saturated heterocycles. The van der Waals surface area contributed by atoms with Crippen LogP contribution in [0, 0.1) is 23.6 Å². The third-order valence-electron chi connectivity index (χ3n) is 4.97. The van der Waals surface area contributed by atoms with E-state index in [-0.39, 0.29) is 36.0 Å². The van der Waals surface area contributed by atoms with E-state index >= 15 is 0 Å². The summed E-state index contributed by atoms with van der Waals surface area (Å²) < 4.78 is 14.5. The fourth-order valence-corrected chi connectivity index (χ4v) is 4.19. The van der Waals surface area contributed by atoms with Gasteiger partial charge in [0.05, 0.1) is 5.69 Å². The van der Waals surface area contributed by atoms with Gasteiger partial charge in [-0.1, -0.05) is 22.4 Å². The number of hydrogen-bond donors (Lipinski definition) is 2. The van der Waals surface area contributed by atoms with Gasteiger partial charge < -0.3 is 11.1 Å². The minimum absolute atomic E-state index is 0. The van der Waals surface area contributed by atoms with Crippen molar-refractivity contribution in [1.29, 1.82) is 0 Å². The van der Waals surface area contributed by atoms with Crippen molar-refractivity contribution in [3.05, 3.63) is 28.5 Å². The smallest absolute Gasteiger partial charge is 0.227 e. The van der Waals surface area contributed by atoms with E-state index in [0.717, 1.165) is 30.2 Å². The quantitative estimate of drug-likeness (QED) is 0.797. The third-order valence-corrected chi connectivity index (χ3v) is 5.46. The van der Waals surface area contributed by atoms with Gasteiger partial charge in [-0.2, -0.15) is 0 Å². The Balaban J connectivity index is 0.00000176. The predicted octanol–water partition coefficient (Wildman–Crippen LogP) is 4.10. The molecule has 6 heteroatoms. The van der Waals surface area contributed by atoms with Crippen LogP contribution in [0.1, 0.15) is 32.1 Å². The number of benzene rings is 1. The lowest BCUT2D eigenvalue weighted by molar-refractivity contribution is -0.122. The van der Waals surface area contributed by atoms with Gasteiger partial charge in [0, 0.05) is 16.4 Å². The molecule has 2 unspecified atom stereocenters. The van der Waals surface area contributed by atoms with Crippen molar-refractivity contribution >= 4 is 39.9 Å². The van der Waals surface area contributed by atoms with E-state index in [1.807, 2.05) is 0 Å². The molecule has 2 fully saturated rings. The first-order valence-corrected chi connectivity index (χ1v) is 8.35. The highest BCUT2D eigenvalue weighted by Gasteiger charge is 2.40. The van der Waals surface area contributed by atoms with Gasteiger partial charge in [0.25, 0.3) is 0 Å². The Bertz CT molecular complexity index is 543. The molecule has 3 rings (SSSR count). The van der Waals surface area contributed by atoms with Crippen LogP contribution in [0.4, 0.5) is 10.1 Å². The fraction of sp³-hybridized carbons (Fsp3) is 0.562. The first kappa shape index (κ1) is 17.7. The van der Waals surface area contributed by atoms with E-state index in [1.165, 1.54) is 12.5 Å². The maximum Gasteiger partial charge on any atom is 0.227 e. The molecule has 3 N–H and O–H groups in total. The highest BCUT2D eigenvalue weighted by molar-refractivity contribution is 9.10. The lowest BCUT2D eigenvalue weighted by Crippen LogP contribution is -2.48. The summed E-state index contributed by atoms with van der Waals surface area (Å²) in [5.74, 6) is 0.370. The number of halogens is 3. The molecule has 0 spiro atoms. The molecular weight excluding hydrogens is 371 g/mol. The van der Waals surface area contributed by atoms with Gasteiger partial charge in [-0.3, -0.25) is 4.79 Å². The number of hydrogen-bond acceptors (Lipinski definition) is 2. The van der Waals surface area contributed by atoms with Crippen LogP contribution >= 0.6 is 28.3 Å². The highest BCUT2D eigenvalue weighted by Crippen LogP contribution is 2.42. The van der Waals surface area contributed by atoms with Gasteiger partial charge >= 0.3 is 0 Å². The number of fused-ring (bicyclic) bond motifs is 2. The Morgan fingerprint density at radius 3 is 2.55 bits per heavy atom. The summed E-state index contributed by atoms with van der Waals surface area (Å²) in [4.78, 5) is 12.4. The zero-order chi connectivity index (χ0) is 15.0. The highest BCUT2D eigenvalue weighted by atomic mass is 79.9. The molecule has 0 radical (unpaired) electrons. The molecular formula is C16H21BrClFN2O. The summed E-state index contributed by atoms with van der Waals surface area (Å²) >= 11 is 3.30. The lowest BCUT2D eigenvalue weighted by Gasteiger charge is -2.43. The Hall–Kier alpha value is -0.650. The Labute approximate surface area is 144 Å². The maximum absolute atomic E-state index is 13.7. The van der Waals surface area contributed by atoms with Crippen molar-refractivity contribution in [3.8, 4) is 0 Å². The summed E-state index contributed by atoms with van der Waals surface area (Å²) in [7, 11) is 0. The van der Waals surface area contributed by atoms with E-state index in [0.29, 0.717) is 11.8 Å². The van der Waals surface area contributed by atoms with Crippen LogP contribution in [0.15, 0.2) is 22.7 Å². The van der Waals surface area contributed by atoms with Crippen molar-refractivity contribution < 1.29 is 9.18 Å². The first-order chi connectivity index (χ1) is 10.0. The average Bonchev–Trinajstić information content (AvgIpc) is 2.42. The Kier molecular flexibility index (Phi) is 5.86. The second-order valence-corrected chi connectivity index (χ2v) is 7.23.